The van der Waals surface area contributed by atoms with Crippen LogP contribution in [-0.2, 0) is 5.41 Å². The monoisotopic (exact) mass is 591 g/mol. The average molecular weight is 592 g/mol. The molecule has 0 radical (unpaired) electrons. The summed E-state index contributed by atoms with van der Waals surface area (Å²) in [6.45, 7) is 9.20. The van der Waals surface area contributed by atoms with Gasteiger partial charge in [-0.1, -0.05) is 135 Å². The number of rotatable bonds is 5. The van der Waals surface area contributed by atoms with E-state index in [2.05, 4.69) is 184 Å². The lowest BCUT2D eigenvalue weighted by Gasteiger charge is -2.32. The molecule has 0 unspecified atom stereocenters. The van der Waals surface area contributed by atoms with Crippen molar-refractivity contribution >= 4 is 27.8 Å². The van der Waals surface area contributed by atoms with E-state index < -0.39 is 0 Å². The third-order valence-electron chi connectivity index (χ3n) is 9.92. The Bertz CT molecular complexity index is 2260. The first-order valence-electron chi connectivity index (χ1n) is 16.2. The molecule has 0 amide bonds. The van der Waals surface area contributed by atoms with Crippen LogP contribution in [0.25, 0.3) is 44.2 Å². The van der Waals surface area contributed by atoms with Gasteiger partial charge in [-0.15, -0.1) is 0 Å². The molecule has 7 aromatic rings. The molecule has 0 spiro atoms. The third-order valence-corrected chi connectivity index (χ3v) is 9.92. The Morgan fingerprint density at radius 2 is 1.09 bits per heavy atom. The summed E-state index contributed by atoms with van der Waals surface area (Å²) < 4.78 is 0. The fourth-order valence-electron chi connectivity index (χ4n) is 7.54. The molecule has 1 aliphatic rings. The highest BCUT2D eigenvalue weighted by Crippen LogP contribution is 2.53. The molecule has 1 aliphatic carbocycles. The Kier molecular flexibility index (Phi) is 6.65. The topological polar surface area (TPSA) is 3.24 Å². The van der Waals surface area contributed by atoms with Gasteiger partial charge in [0.2, 0.25) is 0 Å². The van der Waals surface area contributed by atoms with E-state index in [-0.39, 0.29) is 5.41 Å². The molecule has 0 atom stereocenters. The second-order valence-electron chi connectivity index (χ2n) is 13.1. The Morgan fingerprint density at radius 3 is 1.87 bits per heavy atom. The van der Waals surface area contributed by atoms with E-state index in [1.54, 1.807) is 0 Å². The van der Waals surface area contributed by atoms with Crippen LogP contribution in [0.1, 0.15) is 36.1 Å². The van der Waals surface area contributed by atoms with Crippen LogP contribution in [0.2, 0.25) is 0 Å². The SMILES string of the molecule is Cc1ccccc1-c1cc2ccccc2cc1N(c1ccc2c(c1)C(C)(C)c1cccc(C)c1-2)c1ccccc1-c1ccccc1. The van der Waals surface area contributed by atoms with E-state index in [4.69, 9.17) is 0 Å². The van der Waals surface area contributed by atoms with E-state index in [1.165, 1.54) is 72.1 Å². The standard InChI is InChI=1S/C45H37N/c1-30-15-8-11-21-36(30)39-27-33-19-9-10-20-34(33)28-43(39)46(42-24-13-12-22-37(42)32-17-6-5-7-18-32)35-25-26-38-41(29-35)45(3,4)40-23-14-16-31(2)44(38)40/h5-29H,1-4H3. The predicted octanol–water partition coefficient (Wildman–Crippen LogP) is 12.6. The minimum Gasteiger partial charge on any atom is -0.309 e. The Morgan fingerprint density at radius 1 is 0.435 bits per heavy atom. The number of hydrogen-bond acceptors (Lipinski definition) is 1. The van der Waals surface area contributed by atoms with Gasteiger partial charge in [-0.3, -0.25) is 0 Å². The molecule has 0 saturated heterocycles. The zero-order valence-electron chi connectivity index (χ0n) is 26.9. The number of hydrogen-bond donors (Lipinski definition) is 0. The van der Waals surface area contributed by atoms with Gasteiger partial charge in [0.15, 0.2) is 0 Å². The predicted molar refractivity (Wildman–Crippen MR) is 197 cm³/mol. The zero-order chi connectivity index (χ0) is 31.4. The molecule has 0 heterocycles. The molecule has 0 aliphatic heterocycles. The van der Waals surface area contributed by atoms with E-state index >= 15 is 0 Å². The molecule has 7 aromatic carbocycles. The fraction of sp³-hybridized carbons (Fsp3) is 0.111. The molecule has 0 aromatic heterocycles. The summed E-state index contributed by atoms with van der Waals surface area (Å²) in [6, 6.07) is 55.8. The van der Waals surface area contributed by atoms with E-state index in [0.717, 1.165) is 11.4 Å². The van der Waals surface area contributed by atoms with Crippen molar-refractivity contribution in [1.82, 2.24) is 0 Å². The fourth-order valence-corrected chi connectivity index (χ4v) is 7.54. The number of fused-ring (bicyclic) bond motifs is 4. The molecule has 0 saturated carbocycles. The first-order valence-corrected chi connectivity index (χ1v) is 16.2. The zero-order valence-corrected chi connectivity index (χ0v) is 26.9. The summed E-state index contributed by atoms with van der Waals surface area (Å²) in [5, 5.41) is 2.46. The van der Waals surface area contributed by atoms with Crippen LogP contribution in [0.5, 0.6) is 0 Å². The summed E-state index contributed by atoms with van der Waals surface area (Å²) >= 11 is 0. The summed E-state index contributed by atoms with van der Waals surface area (Å²) in [7, 11) is 0. The highest BCUT2D eigenvalue weighted by Gasteiger charge is 2.37. The van der Waals surface area contributed by atoms with Gasteiger partial charge in [-0.05, 0) is 99.5 Å². The minimum atomic E-state index is -0.112. The van der Waals surface area contributed by atoms with Crippen molar-refractivity contribution in [2.24, 2.45) is 0 Å². The van der Waals surface area contributed by atoms with Gasteiger partial charge in [-0.25, -0.2) is 0 Å². The van der Waals surface area contributed by atoms with Crippen molar-refractivity contribution in [2.75, 3.05) is 4.90 Å². The second kappa shape index (κ2) is 10.9. The molecule has 222 valence electrons. The molecule has 1 heteroatoms. The molecule has 46 heavy (non-hydrogen) atoms. The van der Waals surface area contributed by atoms with Gasteiger partial charge >= 0.3 is 0 Å². The highest BCUT2D eigenvalue weighted by atomic mass is 15.1. The summed E-state index contributed by atoms with van der Waals surface area (Å²) in [5.41, 5.74) is 16.3. The van der Waals surface area contributed by atoms with Crippen LogP contribution in [0.4, 0.5) is 17.1 Å². The number of nitrogens with zero attached hydrogens (tertiary/aromatic N) is 1. The van der Waals surface area contributed by atoms with Crippen LogP contribution >= 0.6 is 0 Å². The first-order chi connectivity index (χ1) is 22.4. The minimum absolute atomic E-state index is 0.112. The van der Waals surface area contributed by atoms with Crippen molar-refractivity contribution in [2.45, 2.75) is 33.1 Å². The van der Waals surface area contributed by atoms with Gasteiger partial charge in [0, 0.05) is 22.2 Å². The van der Waals surface area contributed by atoms with Crippen LogP contribution in [0, 0.1) is 13.8 Å². The second-order valence-corrected chi connectivity index (χ2v) is 13.1. The van der Waals surface area contributed by atoms with Gasteiger partial charge in [0.25, 0.3) is 0 Å². The molecular formula is C45H37N. The van der Waals surface area contributed by atoms with Crippen LogP contribution in [-0.4, -0.2) is 0 Å². The molecular weight excluding hydrogens is 555 g/mol. The summed E-state index contributed by atoms with van der Waals surface area (Å²) in [6.07, 6.45) is 0. The van der Waals surface area contributed by atoms with Crippen LogP contribution < -0.4 is 4.90 Å². The number of para-hydroxylation sites is 1. The van der Waals surface area contributed by atoms with Crippen molar-refractivity contribution < 1.29 is 0 Å². The highest BCUT2D eigenvalue weighted by molar-refractivity contribution is 6.01. The van der Waals surface area contributed by atoms with Gasteiger partial charge < -0.3 is 4.90 Å². The first kappa shape index (κ1) is 28.1. The van der Waals surface area contributed by atoms with E-state index in [9.17, 15) is 0 Å². The molecule has 8 rings (SSSR count). The summed E-state index contributed by atoms with van der Waals surface area (Å²) in [5.74, 6) is 0. The van der Waals surface area contributed by atoms with E-state index in [0.29, 0.717) is 0 Å². The largest absolute Gasteiger partial charge is 0.309 e. The molecule has 0 bridgehead atoms. The maximum Gasteiger partial charge on any atom is 0.0546 e. The third kappa shape index (κ3) is 4.46. The van der Waals surface area contributed by atoms with Crippen LogP contribution in [0.3, 0.4) is 0 Å². The van der Waals surface area contributed by atoms with Gasteiger partial charge in [-0.2, -0.15) is 0 Å². The van der Waals surface area contributed by atoms with Crippen molar-refractivity contribution in [3.05, 3.63) is 174 Å². The Hall–Kier alpha value is -5.40. The number of anilines is 3. The normalized spacial score (nSPS) is 13.0. The Balaban J connectivity index is 1.45. The number of benzene rings is 7. The van der Waals surface area contributed by atoms with Gasteiger partial charge in [0.1, 0.15) is 0 Å². The Labute approximate surface area is 272 Å². The lowest BCUT2D eigenvalue weighted by Crippen LogP contribution is -2.17. The quantitative estimate of drug-likeness (QED) is 0.192. The number of aryl methyl sites for hydroxylation is 2. The molecule has 1 nitrogen and oxygen atoms in total. The van der Waals surface area contributed by atoms with Crippen molar-refractivity contribution in [3.63, 3.8) is 0 Å². The smallest absolute Gasteiger partial charge is 0.0546 e. The van der Waals surface area contributed by atoms with Crippen molar-refractivity contribution in [3.8, 4) is 33.4 Å². The lowest BCUT2D eigenvalue weighted by atomic mass is 9.82. The summed E-state index contributed by atoms with van der Waals surface area (Å²) in [4.78, 5) is 2.50. The lowest BCUT2D eigenvalue weighted by molar-refractivity contribution is 0.660. The van der Waals surface area contributed by atoms with Crippen molar-refractivity contribution in [1.29, 1.82) is 0 Å². The van der Waals surface area contributed by atoms with Crippen LogP contribution in [0.15, 0.2) is 152 Å². The average Bonchev–Trinajstić information content (AvgIpc) is 3.32. The maximum atomic E-state index is 2.50. The van der Waals surface area contributed by atoms with Gasteiger partial charge in [0.05, 0.1) is 11.4 Å². The maximum absolute atomic E-state index is 2.50. The van der Waals surface area contributed by atoms with E-state index in [1.807, 2.05) is 0 Å². The molecule has 0 N–H and O–H groups in total. The molecule has 0 fully saturated rings.